The molecule has 1 saturated heterocycles. The molecule has 6 heterocycles. The van der Waals surface area contributed by atoms with Crippen molar-refractivity contribution in [2.45, 2.75) is 31.9 Å². The molecule has 1 fully saturated rings. The van der Waals surface area contributed by atoms with E-state index < -0.39 is 0 Å². The molecule has 2 aliphatic heterocycles. The van der Waals surface area contributed by atoms with Crippen molar-refractivity contribution >= 4 is 28.4 Å². The summed E-state index contributed by atoms with van der Waals surface area (Å²) < 4.78 is 9.88. The largest absolute Gasteiger partial charge is 0.477 e. The van der Waals surface area contributed by atoms with E-state index >= 15 is 0 Å². The summed E-state index contributed by atoms with van der Waals surface area (Å²) in [6.07, 6.45) is 6.43. The van der Waals surface area contributed by atoms with E-state index in [9.17, 15) is 5.11 Å². The van der Waals surface area contributed by atoms with Gasteiger partial charge in [-0.25, -0.2) is 19.6 Å². The molecule has 0 unspecified atom stereocenters. The van der Waals surface area contributed by atoms with Gasteiger partial charge in [-0.2, -0.15) is 10.2 Å². The first-order chi connectivity index (χ1) is 16.1. The van der Waals surface area contributed by atoms with Crippen molar-refractivity contribution in [3.8, 4) is 17.3 Å². The Hall–Kier alpha value is -3.73. The van der Waals surface area contributed by atoms with Crippen molar-refractivity contribution < 1.29 is 9.84 Å². The normalized spacial score (nSPS) is 20.4. The highest BCUT2D eigenvalue weighted by molar-refractivity contribution is 5.92. The van der Waals surface area contributed by atoms with E-state index in [-0.39, 0.29) is 12.1 Å². The van der Waals surface area contributed by atoms with Gasteiger partial charge in [-0.15, -0.1) is 0 Å². The highest BCUT2D eigenvalue weighted by atomic mass is 16.5. The van der Waals surface area contributed by atoms with Crippen molar-refractivity contribution in [1.29, 1.82) is 0 Å². The third kappa shape index (κ3) is 3.44. The van der Waals surface area contributed by atoms with Gasteiger partial charge in [0.2, 0.25) is 5.88 Å². The monoisotopic (exact) mass is 447 g/mol. The smallest absolute Gasteiger partial charge is 0.222 e. The van der Waals surface area contributed by atoms with E-state index in [4.69, 9.17) is 9.84 Å². The quantitative estimate of drug-likeness (QED) is 0.453. The van der Waals surface area contributed by atoms with Crippen LogP contribution in [0.3, 0.4) is 0 Å². The lowest BCUT2D eigenvalue weighted by Gasteiger charge is -2.16. The van der Waals surface area contributed by atoms with Gasteiger partial charge in [0.15, 0.2) is 11.6 Å². The summed E-state index contributed by atoms with van der Waals surface area (Å²) in [5.41, 5.74) is 1.72. The molecule has 0 amide bonds. The van der Waals surface area contributed by atoms with Crippen molar-refractivity contribution in [2.24, 2.45) is 7.05 Å². The first kappa shape index (κ1) is 19.9. The summed E-state index contributed by atoms with van der Waals surface area (Å²) in [6.45, 7) is 3.98. The van der Waals surface area contributed by atoms with Gasteiger partial charge < -0.3 is 20.1 Å². The predicted octanol–water partition coefficient (Wildman–Crippen LogP) is 2.28. The van der Waals surface area contributed by atoms with E-state index in [1.807, 2.05) is 24.0 Å². The third-order valence-electron chi connectivity index (χ3n) is 6.26. The molecule has 0 saturated carbocycles. The van der Waals surface area contributed by atoms with Crippen LogP contribution < -0.4 is 15.0 Å². The minimum atomic E-state index is -0.327. The molecule has 0 radical (unpaired) electrons. The summed E-state index contributed by atoms with van der Waals surface area (Å²) in [5, 5.41) is 23.6. The zero-order valence-electron chi connectivity index (χ0n) is 18.5. The molecule has 11 heteroatoms. The average Bonchev–Trinajstić information content (AvgIpc) is 3.50. The van der Waals surface area contributed by atoms with Gasteiger partial charge in [-0.05, 0) is 19.4 Å². The van der Waals surface area contributed by atoms with Crippen LogP contribution in [0.25, 0.3) is 22.3 Å². The number of pyridine rings is 1. The number of fused-ring (bicyclic) bond motifs is 5. The van der Waals surface area contributed by atoms with Crippen LogP contribution in [0.1, 0.15) is 25.8 Å². The van der Waals surface area contributed by atoms with E-state index in [2.05, 4.69) is 37.2 Å². The van der Waals surface area contributed by atoms with Crippen LogP contribution in [-0.4, -0.2) is 65.4 Å². The van der Waals surface area contributed by atoms with Gasteiger partial charge in [-0.3, -0.25) is 4.68 Å². The Kier molecular flexibility index (Phi) is 4.64. The summed E-state index contributed by atoms with van der Waals surface area (Å²) in [4.78, 5) is 15.8. The molecule has 0 aliphatic carbocycles. The standard InChI is InChI=1S/C22H25N9O2/c1-13-5-8-33-22-16(11-25-29(22)2)20-23-6-3-18(27-20)26-19-9-17-15(10-24-19)21(28-31(13)17)30-7-4-14(32)12-30/h3,6,9-11,13-14,32H,4-5,7-8,12H2,1-2H3,(H,23,24,26,27)/t13-,14+/m0/s1. The first-order valence-electron chi connectivity index (χ1n) is 11.1. The Bertz CT molecular complexity index is 1330. The minimum Gasteiger partial charge on any atom is -0.477 e. The number of rotatable bonds is 1. The highest BCUT2D eigenvalue weighted by Crippen LogP contribution is 2.34. The zero-order chi connectivity index (χ0) is 22.5. The zero-order valence-corrected chi connectivity index (χ0v) is 18.5. The molecule has 0 aromatic carbocycles. The minimum absolute atomic E-state index is 0.0812. The second-order valence-corrected chi connectivity index (χ2v) is 8.61. The van der Waals surface area contributed by atoms with Gasteiger partial charge >= 0.3 is 0 Å². The fourth-order valence-corrected chi connectivity index (χ4v) is 4.48. The second kappa shape index (κ2) is 7.69. The SMILES string of the molecule is C[C@H]1CCOc2c(cnn2C)-c2nccc(n2)Nc2cc3c(cn2)c(N2CC[C@@H](O)C2)nn31. The van der Waals surface area contributed by atoms with Crippen LogP contribution in [0.2, 0.25) is 0 Å². The Morgan fingerprint density at radius 1 is 1.18 bits per heavy atom. The molecule has 4 aromatic rings. The number of hydrogen-bond acceptors (Lipinski definition) is 9. The first-order valence-corrected chi connectivity index (χ1v) is 11.1. The van der Waals surface area contributed by atoms with Crippen LogP contribution >= 0.6 is 0 Å². The number of aryl methyl sites for hydroxylation is 1. The molecular weight excluding hydrogens is 422 g/mol. The third-order valence-corrected chi connectivity index (χ3v) is 6.26. The summed E-state index contributed by atoms with van der Waals surface area (Å²) in [6, 6.07) is 3.88. The van der Waals surface area contributed by atoms with Gasteiger partial charge in [0.05, 0.1) is 35.9 Å². The Morgan fingerprint density at radius 2 is 2.09 bits per heavy atom. The van der Waals surface area contributed by atoms with Crippen molar-refractivity contribution in [3.63, 3.8) is 0 Å². The Morgan fingerprint density at radius 3 is 2.94 bits per heavy atom. The van der Waals surface area contributed by atoms with Crippen molar-refractivity contribution in [2.75, 3.05) is 29.9 Å². The maximum atomic E-state index is 10.1. The summed E-state index contributed by atoms with van der Waals surface area (Å²) in [7, 11) is 1.84. The molecule has 2 aliphatic rings. The number of aliphatic hydroxyl groups excluding tert-OH is 1. The lowest BCUT2D eigenvalue weighted by Crippen LogP contribution is -2.22. The van der Waals surface area contributed by atoms with Crippen LogP contribution in [0.15, 0.2) is 30.7 Å². The summed E-state index contributed by atoms with van der Waals surface area (Å²) >= 11 is 0. The van der Waals surface area contributed by atoms with E-state index in [0.717, 1.165) is 41.7 Å². The number of nitrogens with one attached hydrogen (secondary N) is 1. The number of aliphatic hydroxyl groups is 1. The van der Waals surface area contributed by atoms with Gasteiger partial charge in [0, 0.05) is 45.0 Å². The second-order valence-electron chi connectivity index (χ2n) is 8.61. The number of β-amino-alcohol motifs (C(OH)–C–C–N with tert-alkyl or cyclic N) is 1. The molecule has 2 atom stereocenters. The predicted molar refractivity (Wildman–Crippen MR) is 123 cm³/mol. The Labute approximate surface area is 190 Å². The number of nitrogens with zero attached hydrogens (tertiary/aromatic N) is 8. The summed E-state index contributed by atoms with van der Waals surface area (Å²) in [5.74, 6) is 3.32. The fraction of sp³-hybridized carbons (Fsp3) is 0.409. The maximum absolute atomic E-state index is 10.1. The average molecular weight is 448 g/mol. The molecule has 4 aromatic heterocycles. The molecule has 11 nitrogen and oxygen atoms in total. The van der Waals surface area contributed by atoms with Crippen LogP contribution in [0, 0.1) is 0 Å². The molecule has 2 N–H and O–H groups in total. The lowest BCUT2D eigenvalue weighted by atomic mass is 10.2. The number of aromatic nitrogens is 7. The van der Waals surface area contributed by atoms with Gasteiger partial charge in [0.1, 0.15) is 17.2 Å². The molecule has 6 rings (SSSR count). The fourth-order valence-electron chi connectivity index (χ4n) is 4.48. The lowest BCUT2D eigenvalue weighted by molar-refractivity contribution is 0.198. The van der Waals surface area contributed by atoms with Crippen molar-refractivity contribution in [3.05, 3.63) is 30.7 Å². The van der Waals surface area contributed by atoms with E-state index in [1.54, 1.807) is 23.1 Å². The van der Waals surface area contributed by atoms with Crippen LogP contribution in [-0.2, 0) is 7.05 Å². The maximum Gasteiger partial charge on any atom is 0.222 e. The molecule has 0 spiro atoms. The van der Waals surface area contributed by atoms with Crippen molar-refractivity contribution in [1.82, 2.24) is 34.5 Å². The van der Waals surface area contributed by atoms with Crippen LogP contribution in [0.5, 0.6) is 5.88 Å². The number of ether oxygens (including phenoxy) is 1. The topological polar surface area (TPSA) is 119 Å². The van der Waals surface area contributed by atoms with Gasteiger partial charge in [-0.1, -0.05) is 0 Å². The number of hydrogen-bond donors (Lipinski definition) is 2. The number of anilines is 3. The Balaban J connectivity index is 1.47. The highest BCUT2D eigenvalue weighted by Gasteiger charge is 2.27. The molecule has 33 heavy (non-hydrogen) atoms. The van der Waals surface area contributed by atoms with E-state index in [0.29, 0.717) is 36.5 Å². The molecule has 170 valence electrons. The molecule has 4 bridgehead atoms. The van der Waals surface area contributed by atoms with Crippen LogP contribution in [0.4, 0.5) is 17.5 Å². The molecular formula is C22H25N9O2. The van der Waals surface area contributed by atoms with Gasteiger partial charge in [0.25, 0.3) is 0 Å². The van der Waals surface area contributed by atoms with E-state index in [1.165, 1.54) is 0 Å².